The van der Waals surface area contributed by atoms with Crippen molar-refractivity contribution in [1.29, 1.82) is 0 Å². The molecule has 0 amide bonds. The highest BCUT2D eigenvalue weighted by Crippen LogP contribution is 2.27. The molecule has 0 spiro atoms. The van der Waals surface area contributed by atoms with Gasteiger partial charge in [-0.05, 0) is 18.6 Å². The van der Waals surface area contributed by atoms with Crippen molar-refractivity contribution in [1.82, 2.24) is 10.3 Å². The summed E-state index contributed by atoms with van der Waals surface area (Å²) in [5.41, 5.74) is 3.46. The van der Waals surface area contributed by atoms with Crippen LogP contribution >= 0.6 is 11.6 Å². The lowest BCUT2D eigenvalue weighted by Gasteiger charge is -2.04. The number of H-pyrrole nitrogens is 1. The number of hydrogen-bond acceptors (Lipinski definition) is 2. The van der Waals surface area contributed by atoms with Gasteiger partial charge >= 0.3 is 0 Å². The van der Waals surface area contributed by atoms with Crippen molar-refractivity contribution in [3.05, 3.63) is 34.5 Å². The predicted molar refractivity (Wildman–Crippen MR) is 71.6 cm³/mol. The number of aryl methyl sites for hydroxylation is 1. The molecule has 0 aliphatic heterocycles. The summed E-state index contributed by atoms with van der Waals surface area (Å²) >= 11 is 6.15. The highest BCUT2D eigenvalue weighted by Gasteiger charge is 2.09. The van der Waals surface area contributed by atoms with Gasteiger partial charge in [0.15, 0.2) is 0 Å². The van der Waals surface area contributed by atoms with Gasteiger partial charge in [0.1, 0.15) is 0 Å². The number of ether oxygens (including phenoxy) is 1. The van der Waals surface area contributed by atoms with E-state index in [2.05, 4.69) is 23.3 Å². The van der Waals surface area contributed by atoms with Crippen LogP contribution in [0.2, 0.25) is 5.02 Å². The van der Waals surface area contributed by atoms with Crippen LogP contribution in [0.4, 0.5) is 0 Å². The van der Waals surface area contributed by atoms with E-state index in [0.29, 0.717) is 0 Å². The number of methoxy groups -OCH3 is 1. The van der Waals surface area contributed by atoms with Crippen LogP contribution in [0.15, 0.2) is 18.2 Å². The SMILES string of the molecule is COCCNCc1c(C)[nH]c2c(Cl)cccc12. The van der Waals surface area contributed by atoms with Crippen LogP contribution in [0.3, 0.4) is 0 Å². The lowest BCUT2D eigenvalue weighted by molar-refractivity contribution is 0.199. The molecule has 0 saturated heterocycles. The molecule has 92 valence electrons. The zero-order valence-corrected chi connectivity index (χ0v) is 10.9. The predicted octanol–water partition coefficient (Wildman–Crippen LogP) is 2.87. The maximum atomic E-state index is 6.15. The average Bonchev–Trinajstić information content (AvgIpc) is 2.63. The minimum absolute atomic E-state index is 0.724. The first-order valence-corrected chi connectivity index (χ1v) is 6.07. The van der Waals surface area contributed by atoms with E-state index in [-0.39, 0.29) is 0 Å². The number of nitrogens with one attached hydrogen (secondary N) is 2. The molecule has 0 saturated carbocycles. The summed E-state index contributed by atoms with van der Waals surface area (Å²) in [6, 6.07) is 5.98. The summed E-state index contributed by atoms with van der Waals surface area (Å²) in [5, 5.41) is 5.32. The summed E-state index contributed by atoms with van der Waals surface area (Å²) in [6.45, 7) is 4.48. The van der Waals surface area contributed by atoms with Gasteiger partial charge in [0.25, 0.3) is 0 Å². The molecule has 0 fully saturated rings. The Balaban J connectivity index is 2.21. The number of aromatic amines is 1. The maximum Gasteiger partial charge on any atom is 0.0648 e. The fourth-order valence-corrected chi connectivity index (χ4v) is 2.20. The lowest BCUT2D eigenvalue weighted by atomic mass is 10.1. The molecule has 1 aromatic heterocycles. The molecular weight excluding hydrogens is 236 g/mol. The molecule has 4 heteroatoms. The minimum Gasteiger partial charge on any atom is -0.383 e. The first-order valence-electron chi connectivity index (χ1n) is 5.69. The Morgan fingerprint density at radius 1 is 1.41 bits per heavy atom. The Bertz CT molecular complexity index is 507. The zero-order chi connectivity index (χ0) is 12.3. The molecule has 17 heavy (non-hydrogen) atoms. The molecule has 0 radical (unpaired) electrons. The number of halogens is 1. The summed E-state index contributed by atoms with van der Waals surface area (Å²) in [7, 11) is 1.71. The van der Waals surface area contributed by atoms with Crippen molar-refractivity contribution in [3.63, 3.8) is 0 Å². The summed E-state index contributed by atoms with van der Waals surface area (Å²) < 4.78 is 5.01. The van der Waals surface area contributed by atoms with E-state index in [1.807, 2.05) is 12.1 Å². The molecule has 0 atom stereocenters. The second kappa shape index (κ2) is 5.54. The quantitative estimate of drug-likeness (QED) is 0.803. The molecule has 3 nitrogen and oxygen atoms in total. The van der Waals surface area contributed by atoms with E-state index in [1.54, 1.807) is 7.11 Å². The second-order valence-electron chi connectivity index (χ2n) is 4.06. The van der Waals surface area contributed by atoms with Crippen molar-refractivity contribution in [2.45, 2.75) is 13.5 Å². The Hall–Kier alpha value is -1.03. The Labute approximate surface area is 106 Å². The van der Waals surface area contributed by atoms with Crippen molar-refractivity contribution < 1.29 is 4.74 Å². The van der Waals surface area contributed by atoms with Crippen LogP contribution in [-0.4, -0.2) is 25.2 Å². The third kappa shape index (κ3) is 2.63. The van der Waals surface area contributed by atoms with Crippen LogP contribution in [0.5, 0.6) is 0 Å². The number of fused-ring (bicyclic) bond motifs is 1. The summed E-state index contributed by atoms with van der Waals surface area (Å²) in [4.78, 5) is 3.33. The van der Waals surface area contributed by atoms with Gasteiger partial charge in [0, 0.05) is 31.3 Å². The maximum absolute atomic E-state index is 6.15. The Kier molecular flexibility index (Phi) is 4.05. The smallest absolute Gasteiger partial charge is 0.0648 e. The standard InChI is InChI=1S/C13H17ClN2O/c1-9-11(8-15-6-7-17-2)10-4-3-5-12(14)13(10)16-9/h3-5,15-16H,6-8H2,1-2H3. The van der Waals surface area contributed by atoms with E-state index in [9.17, 15) is 0 Å². The lowest BCUT2D eigenvalue weighted by Crippen LogP contribution is -2.18. The number of para-hydroxylation sites is 1. The molecule has 2 aromatic rings. The van der Waals surface area contributed by atoms with Gasteiger partial charge in [-0.25, -0.2) is 0 Å². The summed E-state index contributed by atoms with van der Waals surface area (Å²) in [6.07, 6.45) is 0. The van der Waals surface area contributed by atoms with Gasteiger partial charge in [-0.1, -0.05) is 23.7 Å². The van der Waals surface area contributed by atoms with E-state index in [1.165, 1.54) is 10.9 Å². The van der Waals surface area contributed by atoms with Crippen molar-refractivity contribution >= 4 is 22.5 Å². The first-order chi connectivity index (χ1) is 8.24. The van der Waals surface area contributed by atoms with E-state index < -0.39 is 0 Å². The van der Waals surface area contributed by atoms with Crippen molar-refractivity contribution in [2.24, 2.45) is 0 Å². The Morgan fingerprint density at radius 2 is 2.24 bits per heavy atom. The molecule has 2 N–H and O–H groups in total. The van der Waals surface area contributed by atoms with Crippen molar-refractivity contribution in [2.75, 3.05) is 20.3 Å². The number of rotatable bonds is 5. The number of benzene rings is 1. The third-order valence-electron chi connectivity index (χ3n) is 2.89. The van der Waals surface area contributed by atoms with Gasteiger partial charge < -0.3 is 15.0 Å². The molecule has 0 aliphatic rings. The summed E-state index contributed by atoms with van der Waals surface area (Å²) in [5.74, 6) is 0. The molecule has 1 aromatic carbocycles. The normalized spacial score (nSPS) is 11.2. The molecular formula is C13H17ClN2O. The van der Waals surface area contributed by atoms with Crippen LogP contribution in [0.25, 0.3) is 10.9 Å². The largest absolute Gasteiger partial charge is 0.383 e. The monoisotopic (exact) mass is 252 g/mol. The van der Waals surface area contributed by atoms with Gasteiger partial charge in [-0.15, -0.1) is 0 Å². The third-order valence-corrected chi connectivity index (χ3v) is 3.20. The fourth-order valence-electron chi connectivity index (χ4n) is 1.98. The van der Waals surface area contributed by atoms with Gasteiger partial charge in [0.05, 0.1) is 17.1 Å². The van der Waals surface area contributed by atoms with Crippen LogP contribution in [0.1, 0.15) is 11.3 Å². The second-order valence-corrected chi connectivity index (χ2v) is 4.47. The van der Waals surface area contributed by atoms with E-state index >= 15 is 0 Å². The highest BCUT2D eigenvalue weighted by atomic mass is 35.5. The topological polar surface area (TPSA) is 37.0 Å². The van der Waals surface area contributed by atoms with Crippen LogP contribution in [0, 0.1) is 6.92 Å². The van der Waals surface area contributed by atoms with Crippen LogP contribution in [-0.2, 0) is 11.3 Å². The molecule has 1 heterocycles. The number of hydrogen-bond donors (Lipinski definition) is 2. The molecule has 0 bridgehead atoms. The molecule has 2 rings (SSSR count). The Morgan fingerprint density at radius 3 is 3.00 bits per heavy atom. The average molecular weight is 253 g/mol. The minimum atomic E-state index is 0.724. The van der Waals surface area contributed by atoms with Gasteiger partial charge in [-0.2, -0.15) is 0 Å². The molecule has 0 aliphatic carbocycles. The van der Waals surface area contributed by atoms with E-state index in [4.69, 9.17) is 16.3 Å². The number of aromatic nitrogens is 1. The molecule has 0 unspecified atom stereocenters. The highest BCUT2D eigenvalue weighted by molar-refractivity contribution is 6.35. The van der Waals surface area contributed by atoms with Crippen LogP contribution < -0.4 is 5.32 Å². The van der Waals surface area contributed by atoms with E-state index in [0.717, 1.165) is 35.9 Å². The zero-order valence-electron chi connectivity index (χ0n) is 10.1. The van der Waals surface area contributed by atoms with Gasteiger partial charge in [-0.3, -0.25) is 0 Å². The first kappa shape index (κ1) is 12.4. The van der Waals surface area contributed by atoms with Crippen molar-refractivity contribution in [3.8, 4) is 0 Å². The fraction of sp³-hybridized carbons (Fsp3) is 0.385. The van der Waals surface area contributed by atoms with Gasteiger partial charge in [0.2, 0.25) is 0 Å².